The van der Waals surface area contributed by atoms with Gasteiger partial charge in [-0.2, -0.15) is 0 Å². The minimum Gasteiger partial charge on any atom is -0.479 e. The number of ether oxygens (including phenoxy) is 1. The molecule has 0 aromatic rings. The van der Waals surface area contributed by atoms with Crippen LogP contribution in [0.1, 0.15) is 19.8 Å². The molecule has 5 heteroatoms. The molecule has 2 unspecified atom stereocenters. The Morgan fingerprint density at radius 1 is 1.77 bits per heavy atom. The molecule has 0 aromatic heterocycles. The Hall–Kier alpha value is -0.320. The Morgan fingerprint density at radius 3 is 2.85 bits per heavy atom. The maximum Gasteiger partial charge on any atom is 0.332 e. The lowest BCUT2D eigenvalue weighted by Gasteiger charge is -2.16. The smallest absolute Gasteiger partial charge is 0.332 e. The average molecular weight is 210 g/mol. The van der Waals surface area contributed by atoms with Crippen LogP contribution in [0.3, 0.4) is 0 Å². The van der Waals surface area contributed by atoms with Crippen LogP contribution in [-0.2, 0) is 9.53 Å². The van der Waals surface area contributed by atoms with Crippen molar-refractivity contribution in [3.8, 4) is 0 Å². The summed E-state index contributed by atoms with van der Waals surface area (Å²) >= 11 is 0. The van der Waals surface area contributed by atoms with Crippen LogP contribution in [0, 0.1) is 0 Å². The first kappa shape index (κ1) is 12.7. The van der Waals surface area contributed by atoms with Crippen molar-refractivity contribution in [1.29, 1.82) is 0 Å². The van der Waals surface area contributed by atoms with Gasteiger partial charge in [-0.15, -0.1) is 12.4 Å². The zero-order chi connectivity index (χ0) is 8.97. The third kappa shape index (κ3) is 3.93. The zero-order valence-electron chi connectivity index (χ0n) is 7.66. The number of rotatable bonds is 4. The fourth-order valence-electron chi connectivity index (χ4n) is 1.31. The van der Waals surface area contributed by atoms with E-state index in [1.807, 2.05) is 6.92 Å². The molecule has 0 spiro atoms. The van der Waals surface area contributed by atoms with Gasteiger partial charge in [-0.1, -0.05) is 6.92 Å². The summed E-state index contributed by atoms with van der Waals surface area (Å²) in [5.41, 5.74) is 0. The third-order valence-corrected chi connectivity index (χ3v) is 2.02. The SMILES string of the molecule is CCC(OC1CCNC1)C(=O)O.Cl. The molecular formula is C8H16ClNO3. The fraction of sp³-hybridized carbons (Fsp3) is 0.875. The Labute approximate surface area is 84.1 Å². The van der Waals surface area contributed by atoms with E-state index in [-0.39, 0.29) is 18.5 Å². The van der Waals surface area contributed by atoms with Crippen molar-refractivity contribution in [1.82, 2.24) is 5.32 Å². The van der Waals surface area contributed by atoms with Gasteiger partial charge < -0.3 is 15.2 Å². The monoisotopic (exact) mass is 209 g/mol. The van der Waals surface area contributed by atoms with Crippen LogP contribution in [0.15, 0.2) is 0 Å². The molecule has 1 saturated heterocycles. The lowest BCUT2D eigenvalue weighted by molar-refractivity contribution is -0.153. The number of carbonyl (C=O) groups is 1. The maximum absolute atomic E-state index is 10.6. The van der Waals surface area contributed by atoms with Crippen LogP contribution in [0.4, 0.5) is 0 Å². The number of hydrogen-bond acceptors (Lipinski definition) is 3. The Morgan fingerprint density at radius 2 is 2.46 bits per heavy atom. The van der Waals surface area contributed by atoms with E-state index in [0.29, 0.717) is 6.42 Å². The van der Waals surface area contributed by atoms with Crippen molar-refractivity contribution in [2.45, 2.75) is 32.0 Å². The predicted octanol–water partition coefficient (Wildman–Crippen LogP) is 0.650. The lowest BCUT2D eigenvalue weighted by atomic mass is 10.2. The highest BCUT2D eigenvalue weighted by molar-refractivity contribution is 5.85. The summed E-state index contributed by atoms with van der Waals surface area (Å²) in [6, 6.07) is 0. The molecule has 1 rings (SSSR count). The van der Waals surface area contributed by atoms with Gasteiger partial charge in [0.05, 0.1) is 6.10 Å². The van der Waals surface area contributed by atoms with E-state index in [4.69, 9.17) is 9.84 Å². The van der Waals surface area contributed by atoms with Crippen LogP contribution in [-0.4, -0.2) is 36.4 Å². The van der Waals surface area contributed by atoms with Crippen molar-refractivity contribution in [3.63, 3.8) is 0 Å². The highest BCUT2D eigenvalue weighted by Gasteiger charge is 2.23. The van der Waals surface area contributed by atoms with Crippen molar-refractivity contribution >= 4 is 18.4 Å². The summed E-state index contributed by atoms with van der Waals surface area (Å²) in [6.45, 7) is 3.53. The lowest BCUT2D eigenvalue weighted by Crippen LogP contribution is -2.29. The number of halogens is 1. The van der Waals surface area contributed by atoms with Gasteiger partial charge in [0.25, 0.3) is 0 Å². The molecule has 1 aliphatic heterocycles. The predicted molar refractivity (Wildman–Crippen MR) is 51.3 cm³/mol. The van der Waals surface area contributed by atoms with Crippen LogP contribution in [0.5, 0.6) is 0 Å². The molecule has 1 heterocycles. The second-order valence-electron chi connectivity index (χ2n) is 2.99. The summed E-state index contributed by atoms with van der Waals surface area (Å²) in [7, 11) is 0. The van der Waals surface area contributed by atoms with Crippen molar-refractivity contribution in [2.24, 2.45) is 0 Å². The van der Waals surface area contributed by atoms with Gasteiger partial charge in [0, 0.05) is 6.54 Å². The van der Waals surface area contributed by atoms with E-state index in [1.165, 1.54) is 0 Å². The van der Waals surface area contributed by atoms with Crippen LogP contribution < -0.4 is 5.32 Å². The normalized spacial score (nSPS) is 23.6. The minimum absolute atomic E-state index is 0. The van der Waals surface area contributed by atoms with Crippen LogP contribution in [0.25, 0.3) is 0 Å². The Kier molecular flexibility index (Phi) is 6.03. The van der Waals surface area contributed by atoms with E-state index < -0.39 is 12.1 Å². The highest BCUT2D eigenvalue weighted by Crippen LogP contribution is 2.09. The molecule has 1 fully saturated rings. The summed E-state index contributed by atoms with van der Waals surface area (Å²) in [4.78, 5) is 10.6. The first-order valence-corrected chi connectivity index (χ1v) is 4.33. The van der Waals surface area contributed by atoms with Gasteiger partial charge in [0.2, 0.25) is 0 Å². The molecule has 0 aromatic carbocycles. The highest BCUT2D eigenvalue weighted by atomic mass is 35.5. The fourth-order valence-corrected chi connectivity index (χ4v) is 1.31. The molecule has 0 radical (unpaired) electrons. The average Bonchev–Trinajstić information content (AvgIpc) is 2.51. The molecule has 13 heavy (non-hydrogen) atoms. The van der Waals surface area contributed by atoms with Crippen molar-refractivity contribution < 1.29 is 14.6 Å². The van der Waals surface area contributed by atoms with Crippen molar-refractivity contribution in [2.75, 3.05) is 13.1 Å². The summed E-state index contributed by atoms with van der Waals surface area (Å²) in [5.74, 6) is -0.857. The van der Waals surface area contributed by atoms with Gasteiger partial charge in [-0.05, 0) is 19.4 Å². The van der Waals surface area contributed by atoms with Gasteiger partial charge in [-0.25, -0.2) is 4.79 Å². The molecule has 1 aliphatic rings. The second-order valence-corrected chi connectivity index (χ2v) is 2.99. The summed E-state index contributed by atoms with van der Waals surface area (Å²) < 4.78 is 5.36. The molecule has 2 atom stereocenters. The summed E-state index contributed by atoms with van der Waals surface area (Å²) in [6.07, 6.45) is 0.913. The van der Waals surface area contributed by atoms with Gasteiger partial charge in [0.15, 0.2) is 6.10 Å². The standard InChI is InChI=1S/C8H15NO3.ClH/c1-2-7(8(10)11)12-6-3-4-9-5-6;/h6-7,9H,2-5H2,1H3,(H,10,11);1H. The van der Waals surface area contributed by atoms with Crippen LogP contribution in [0.2, 0.25) is 0 Å². The molecule has 4 nitrogen and oxygen atoms in total. The van der Waals surface area contributed by atoms with E-state index in [2.05, 4.69) is 5.32 Å². The topological polar surface area (TPSA) is 58.6 Å². The van der Waals surface area contributed by atoms with E-state index in [9.17, 15) is 4.79 Å². The van der Waals surface area contributed by atoms with Crippen molar-refractivity contribution in [3.05, 3.63) is 0 Å². The van der Waals surface area contributed by atoms with E-state index >= 15 is 0 Å². The zero-order valence-corrected chi connectivity index (χ0v) is 8.47. The van der Waals surface area contributed by atoms with Gasteiger partial charge >= 0.3 is 5.97 Å². The molecule has 0 aliphatic carbocycles. The number of carboxylic acids is 1. The number of aliphatic carboxylic acids is 1. The second kappa shape index (κ2) is 6.18. The molecule has 0 saturated carbocycles. The molecular weight excluding hydrogens is 194 g/mol. The molecule has 78 valence electrons. The number of carboxylic acid groups (broad SMARTS) is 1. The Bertz CT molecular complexity index is 159. The van der Waals surface area contributed by atoms with Gasteiger partial charge in [0.1, 0.15) is 0 Å². The molecule has 0 bridgehead atoms. The van der Waals surface area contributed by atoms with Crippen LogP contribution >= 0.6 is 12.4 Å². The quantitative estimate of drug-likeness (QED) is 0.714. The van der Waals surface area contributed by atoms with E-state index in [1.54, 1.807) is 0 Å². The number of hydrogen-bond donors (Lipinski definition) is 2. The first-order chi connectivity index (χ1) is 5.74. The maximum atomic E-state index is 10.6. The molecule has 0 amide bonds. The first-order valence-electron chi connectivity index (χ1n) is 4.33. The Balaban J connectivity index is 0.00000144. The number of nitrogens with one attached hydrogen (secondary N) is 1. The van der Waals surface area contributed by atoms with E-state index in [0.717, 1.165) is 19.5 Å². The third-order valence-electron chi connectivity index (χ3n) is 2.02. The molecule has 2 N–H and O–H groups in total. The summed E-state index contributed by atoms with van der Waals surface area (Å²) in [5, 5.41) is 11.8. The van der Waals surface area contributed by atoms with Gasteiger partial charge in [-0.3, -0.25) is 0 Å². The minimum atomic E-state index is -0.857. The largest absolute Gasteiger partial charge is 0.479 e.